The molecule has 0 radical (unpaired) electrons. The van der Waals surface area contributed by atoms with E-state index in [1.54, 1.807) is 0 Å². The number of hydrogen-bond donors (Lipinski definition) is 1. The Kier molecular flexibility index (Phi) is 2.56. The minimum absolute atomic E-state index is 0.416. The summed E-state index contributed by atoms with van der Waals surface area (Å²) < 4.78 is 1.18. The molecular formula is C12H16BrN. The first-order valence-electron chi connectivity index (χ1n) is 5.09. The van der Waals surface area contributed by atoms with Crippen molar-refractivity contribution in [1.82, 2.24) is 0 Å². The molecule has 2 heteroatoms. The summed E-state index contributed by atoms with van der Waals surface area (Å²) in [6.45, 7) is 5.76. The molecular weight excluding hydrogens is 238 g/mol. The first kappa shape index (κ1) is 10.0. The smallest absolute Gasteiger partial charge is 0.0373 e. The first-order valence-corrected chi connectivity index (χ1v) is 5.88. The summed E-state index contributed by atoms with van der Waals surface area (Å²) in [4.78, 5) is 0. The van der Waals surface area contributed by atoms with E-state index in [2.05, 4.69) is 53.3 Å². The molecule has 0 spiro atoms. The highest BCUT2D eigenvalue weighted by Crippen LogP contribution is 2.33. The molecule has 0 aliphatic carbocycles. The van der Waals surface area contributed by atoms with Crippen LogP contribution in [-0.2, 0) is 6.42 Å². The predicted octanol–water partition coefficient (Wildman–Crippen LogP) is 3.83. The Balaban J connectivity index is 2.38. The standard InChI is InChI=1S/C12H16BrN/c1-12(2)5-6-14-11-4-3-10(13)7-9(11)8-12/h3-4,7,14H,5-6,8H2,1-2H3. The maximum Gasteiger partial charge on any atom is 0.0373 e. The van der Waals surface area contributed by atoms with Gasteiger partial charge in [0.25, 0.3) is 0 Å². The van der Waals surface area contributed by atoms with Crippen LogP contribution in [0.25, 0.3) is 0 Å². The monoisotopic (exact) mass is 253 g/mol. The van der Waals surface area contributed by atoms with Crippen molar-refractivity contribution in [3.05, 3.63) is 28.2 Å². The van der Waals surface area contributed by atoms with E-state index in [0.29, 0.717) is 5.41 Å². The van der Waals surface area contributed by atoms with Crippen molar-refractivity contribution < 1.29 is 0 Å². The van der Waals surface area contributed by atoms with Gasteiger partial charge in [0.1, 0.15) is 0 Å². The zero-order valence-corrected chi connectivity index (χ0v) is 10.3. The lowest BCUT2D eigenvalue weighted by Crippen LogP contribution is -2.15. The van der Waals surface area contributed by atoms with Crippen molar-refractivity contribution in [2.45, 2.75) is 26.7 Å². The van der Waals surface area contributed by atoms with Crippen LogP contribution in [0.4, 0.5) is 5.69 Å². The van der Waals surface area contributed by atoms with Gasteiger partial charge in [0, 0.05) is 16.7 Å². The summed E-state index contributed by atoms with van der Waals surface area (Å²) in [5, 5.41) is 3.49. The number of fused-ring (bicyclic) bond motifs is 1. The minimum atomic E-state index is 0.416. The van der Waals surface area contributed by atoms with Gasteiger partial charge >= 0.3 is 0 Å². The van der Waals surface area contributed by atoms with Gasteiger partial charge in [-0.25, -0.2) is 0 Å². The Hall–Kier alpha value is -0.500. The van der Waals surface area contributed by atoms with Crippen LogP contribution in [0, 0.1) is 5.41 Å². The fraction of sp³-hybridized carbons (Fsp3) is 0.500. The first-order chi connectivity index (χ1) is 6.57. The second-order valence-electron chi connectivity index (χ2n) is 4.82. The van der Waals surface area contributed by atoms with Gasteiger partial charge in [-0.05, 0) is 42.0 Å². The normalized spacial score (nSPS) is 19.4. The molecule has 0 bridgehead atoms. The van der Waals surface area contributed by atoms with Crippen LogP contribution in [-0.4, -0.2) is 6.54 Å². The fourth-order valence-electron chi connectivity index (χ4n) is 2.02. The van der Waals surface area contributed by atoms with Crippen molar-refractivity contribution in [3.63, 3.8) is 0 Å². The summed E-state index contributed by atoms with van der Waals surface area (Å²) in [7, 11) is 0. The third kappa shape index (κ3) is 2.11. The molecule has 0 amide bonds. The van der Waals surface area contributed by atoms with E-state index in [0.717, 1.165) is 13.0 Å². The summed E-state index contributed by atoms with van der Waals surface area (Å²) in [6.07, 6.45) is 2.40. The Morgan fingerprint density at radius 3 is 2.93 bits per heavy atom. The predicted molar refractivity (Wildman–Crippen MR) is 64.7 cm³/mol. The average molecular weight is 254 g/mol. The maximum atomic E-state index is 3.53. The van der Waals surface area contributed by atoms with Gasteiger partial charge < -0.3 is 5.32 Å². The lowest BCUT2D eigenvalue weighted by molar-refractivity contribution is 0.349. The maximum absolute atomic E-state index is 3.53. The van der Waals surface area contributed by atoms with Crippen LogP contribution in [0.5, 0.6) is 0 Å². The highest BCUT2D eigenvalue weighted by Gasteiger charge is 2.22. The Morgan fingerprint density at radius 1 is 1.36 bits per heavy atom. The largest absolute Gasteiger partial charge is 0.385 e. The topological polar surface area (TPSA) is 12.0 Å². The third-order valence-corrected chi connectivity index (χ3v) is 3.35. The molecule has 2 rings (SSSR count). The molecule has 0 fully saturated rings. The number of nitrogens with one attached hydrogen (secondary N) is 1. The molecule has 0 saturated carbocycles. The van der Waals surface area contributed by atoms with E-state index in [1.165, 1.54) is 22.1 Å². The number of benzene rings is 1. The molecule has 1 heterocycles. The zero-order chi connectivity index (χ0) is 10.2. The summed E-state index contributed by atoms with van der Waals surface area (Å²) in [5.41, 5.74) is 3.15. The minimum Gasteiger partial charge on any atom is -0.385 e. The second-order valence-corrected chi connectivity index (χ2v) is 5.73. The molecule has 1 nitrogen and oxygen atoms in total. The van der Waals surface area contributed by atoms with Gasteiger partial charge in [0.05, 0.1) is 0 Å². The van der Waals surface area contributed by atoms with Gasteiger partial charge in [-0.2, -0.15) is 0 Å². The van der Waals surface area contributed by atoms with Crippen LogP contribution in [0.3, 0.4) is 0 Å². The second kappa shape index (κ2) is 3.58. The van der Waals surface area contributed by atoms with Crippen molar-refractivity contribution in [3.8, 4) is 0 Å². The number of halogens is 1. The number of rotatable bonds is 0. The van der Waals surface area contributed by atoms with Crippen molar-refractivity contribution in [2.75, 3.05) is 11.9 Å². The molecule has 1 aliphatic rings. The van der Waals surface area contributed by atoms with Crippen LogP contribution >= 0.6 is 15.9 Å². The number of hydrogen-bond acceptors (Lipinski definition) is 1. The third-order valence-electron chi connectivity index (χ3n) is 2.85. The molecule has 0 unspecified atom stereocenters. The lowest BCUT2D eigenvalue weighted by Gasteiger charge is -2.21. The lowest BCUT2D eigenvalue weighted by atomic mass is 9.83. The highest BCUT2D eigenvalue weighted by molar-refractivity contribution is 9.10. The van der Waals surface area contributed by atoms with Crippen LogP contribution in [0.2, 0.25) is 0 Å². The SMILES string of the molecule is CC1(C)CCNc2ccc(Br)cc2C1. The van der Waals surface area contributed by atoms with Gasteiger partial charge in [-0.1, -0.05) is 29.8 Å². The van der Waals surface area contributed by atoms with Gasteiger partial charge in [0.15, 0.2) is 0 Å². The van der Waals surface area contributed by atoms with Crippen molar-refractivity contribution >= 4 is 21.6 Å². The molecule has 76 valence electrons. The van der Waals surface area contributed by atoms with Gasteiger partial charge in [-0.3, -0.25) is 0 Å². The molecule has 0 saturated heterocycles. The molecule has 0 aromatic heterocycles. The summed E-state index contributed by atoms with van der Waals surface area (Å²) >= 11 is 3.53. The highest BCUT2D eigenvalue weighted by atomic mass is 79.9. The Labute approximate surface area is 94.0 Å². The van der Waals surface area contributed by atoms with E-state index in [1.807, 2.05) is 0 Å². The molecule has 1 aromatic rings. The van der Waals surface area contributed by atoms with E-state index in [4.69, 9.17) is 0 Å². The van der Waals surface area contributed by atoms with Crippen LogP contribution in [0.1, 0.15) is 25.8 Å². The van der Waals surface area contributed by atoms with Crippen molar-refractivity contribution in [1.29, 1.82) is 0 Å². The quantitative estimate of drug-likeness (QED) is 0.741. The van der Waals surface area contributed by atoms with Crippen LogP contribution < -0.4 is 5.32 Å². The fourth-order valence-corrected chi connectivity index (χ4v) is 2.43. The molecule has 1 aromatic carbocycles. The van der Waals surface area contributed by atoms with Gasteiger partial charge in [-0.15, -0.1) is 0 Å². The Bertz CT molecular complexity index is 344. The molecule has 1 aliphatic heterocycles. The number of anilines is 1. The van der Waals surface area contributed by atoms with E-state index >= 15 is 0 Å². The van der Waals surface area contributed by atoms with Crippen LogP contribution in [0.15, 0.2) is 22.7 Å². The summed E-state index contributed by atoms with van der Waals surface area (Å²) in [5.74, 6) is 0. The Morgan fingerprint density at radius 2 is 2.14 bits per heavy atom. The molecule has 14 heavy (non-hydrogen) atoms. The van der Waals surface area contributed by atoms with E-state index < -0.39 is 0 Å². The molecule has 1 N–H and O–H groups in total. The zero-order valence-electron chi connectivity index (χ0n) is 8.73. The van der Waals surface area contributed by atoms with Gasteiger partial charge in [0.2, 0.25) is 0 Å². The average Bonchev–Trinajstić information content (AvgIpc) is 2.21. The van der Waals surface area contributed by atoms with E-state index in [9.17, 15) is 0 Å². The van der Waals surface area contributed by atoms with Crippen molar-refractivity contribution in [2.24, 2.45) is 5.41 Å². The molecule has 0 atom stereocenters. The summed E-state index contributed by atoms with van der Waals surface area (Å²) in [6, 6.07) is 6.50. The van der Waals surface area contributed by atoms with E-state index in [-0.39, 0.29) is 0 Å².